The van der Waals surface area contributed by atoms with Gasteiger partial charge in [-0.1, -0.05) is 368 Å². The van der Waals surface area contributed by atoms with Crippen LogP contribution in [0.25, 0.3) is 0 Å². The lowest BCUT2D eigenvalue weighted by Crippen LogP contribution is -2.30. The van der Waals surface area contributed by atoms with Crippen LogP contribution < -0.4 is 0 Å². The molecule has 0 aromatic heterocycles. The van der Waals surface area contributed by atoms with Crippen molar-refractivity contribution in [1.29, 1.82) is 0 Å². The maximum Gasteiger partial charge on any atom is 0.472 e. The highest BCUT2D eigenvalue weighted by Crippen LogP contribution is 2.45. The molecule has 0 aliphatic rings. The van der Waals surface area contributed by atoms with Crippen molar-refractivity contribution in [1.82, 2.24) is 0 Å². The Morgan fingerprint density at radius 1 is 0.235 bits per heavy atom. The highest BCUT2D eigenvalue weighted by Gasteiger charge is 2.29. The van der Waals surface area contributed by atoms with Gasteiger partial charge in [-0.25, -0.2) is 9.13 Å². The van der Waals surface area contributed by atoms with E-state index in [1.807, 2.05) is 0 Å². The molecule has 0 amide bonds. The largest absolute Gasteiger partial charge is 0.472 e. The molecule has 0 rings (SSSR count). The molecular formula is C101H164O16P2. The summed E-state index contributed by atoms with van der Waals surface area (Å²) in [6.07, 6.45) is 124. The van der Waals surface area contributed by atoms with Crippen LogP contribution in [0.2, 0.25) is 0 Å². The quantitative estimate of drug-likeness (QED) is 0.0146. The van der Waals surface area contributed by atoms with Gasteiger partial charge in [-0.2, -0.15) is 0 Å². The second-order valence-electron chi connectivity index (χ2n) is 30.0. The lowest BCUT2D eigenvalue weighted by Gasteiger charge is -2.21. The Morgan fingerprint density at radius 3 is 0.664 bits per heavy atom. The summed E-state index contributed by atoms with van der Waals surface area (Å²) in [6, 6.07) is 0. The molecule has 0 saturated heterocycles. The fourth-order valence-corrected chi connectivity index (χ4v) is 13.4. The van der Waals surface area contributed by atoms with Crippen LogP contribution in [0.3, 0.4) is 0 Å². The number of carbonyl (C=O) groups excluding carboxylic acids is 3. The summed E-state index contributed by atoms with van der Waals surface area (Å²) in [5.74, 6) is -1.61. The van der Waals surface area contributed by atoms with Crippen LogP contribution in [-0.2, 0) is 55.8 Å². The van der Waals surface area contributed by atoms with Gasteiger partial charge in [0.25, 0.3) is 0 Å². The molecule has 5 atom stereocenters. The van der Waals surface area contributed by atoms with Gasteiger partial charge in [0, 0.05) is 19.3 Å². The van der Waals surface area contributed by atoms with Crippen LogP contribution in [-0.4, -0.2) is 95.9 Å². The summed E-state index contributed by atoms with van der Waals surface area (Å²) in [4.78, 5) is 59.1. The molecule has 119 heavy (non-hydrogen) atoms. The Bertz CT molecular complexity index is 3040. The molecule has 0 aromatic carbocycles. The van der Waals surface area contributed by atoms with E-state index < -0.39 is 91.5 Å². The molecule has 674 valence electrons. The minimum absolute atomic E-state index is 0.0776. The third-order valence-electron chi connectivity index (χ3n) is 18.7. The van der Waals surface area contributed by atoms with Crippen molar-refractivity contribution in [3.63, 3.8) is 0 Å². The number of aliphatic hydroxyl groups is 2. The van der Waals surface area contributed by atoms with Crippen molar-refractivity contribution >= 4 is 33.6 Å². The molecule has 0 heterocycles. The zero-order valence-corrected chi connectivity index (χ0v) is 76.0. The topological polar surface area (TPSA) is 231 Å². The normalized spacial score (nSPS) is 14.8. The molecule has 0 bridgehead atoms. The zero-order valence-electron chi connectivity index (χ0n) is 74.2. The molecule has 0 aliphatic carbocycles. The van der Waals surface area contributed by atoms with E-state index in [4.69, 9.17) is 32.3 Å². The van der Waals surface area contributed by atoms with Gasteiger partial charge >= 0.3 is 33.6 Å². The van der Waals surface area contributed by atoms with Gasteiger partial charge < -0.3 is 34.2 Å². The van der Waals surface area contributed by atoms with E-state index in [1.54, 1.807) is 0 Å². The summed E-state index contributed by atoms with van der Waals surface area (Å²) < 4.78 is 61.5. The summed E-state index contributed by atoms with van der Waals surface area (Å²) in [5.41, 5.74) is 0. The van der Waals surface area contributed by atoms with Gasteiger partial charge in [0.2, 0.25) is 0 Å². The average molecular weight is 1700 g/mol. The number of carbonyl (C=O) groups is 3. The first-order chi connectivity index (χ1) is 58.2. The smallest absolute Gasteiger partial charge is 0.463 e. The highest BCUT2D eigenvalue weighted by molar-refractivity contribution is 7.47. The molecule has 0 aliphatic heterocycles. The lowest BCUT2D eigenvalue weighted by molar-refractivity contribution is -0.161. The number of esters is 3. The van der Waals surface area contributed by atoms with Crippen molar-refractivity contribution in [2.75, 3.05) is 39.6 Å². The third kappa shape index (κ3) is 92.4. The number of rotatable bonds is 85. The van der Waals surface area contributed by atoms with Crippen LogP contribution in [0, 0.1) is 0 Å². The maximum atomic E-state index is 13.1. The van der Waals surface area contributed by atoms with Crippen molar-refractivity contribution in [2.24, 2.45) is 0 Å². The Labute approximate surface area is 723 Å². The Morgan fingerprint density at radius 2 is 0.420 bits per heavy atom. The predicted molar refractivity (Wildman–Crippen MR) is 500 cm³/mol. The maximum absolute atomic E-state index is 13.1. The second-order valence-corrected chi connectivity index (χ2v) is 32.9. The number of aliphatic hydroxyl groups excluding tert-OH is 2. The first-order valence-corrected chi connectivity index (χ1v) is 49.0. The minimum atomic E-state index is -4.96. The number of phosphoric ester groups is 2. The summed E-state index contributed by atoms with van der Waals surface area (Å²) in [7, 11) is -9.83. The summed E-state index contributed by atoms with van der Waals surface area (Å²) in [6.45, 7) is 2.32. The number of hydrogen-bond acceptors (Lipinski definition) is 14. The number of hydrogen-bond donors (Lipinski definition) is 4. The third-order valence-corrected chi connectivity index (χ3v) is 20.6. The molecule has 0 fully saturated rings. The Balaban J connectivity index is 4.72. The molecule has 0 saturated carbocycles. The second kappa shape index (κ2) is 91.1. The van der Waals surface area contributed by atoms with Crippen LogP contribution in [0.5, 0.6) is 0 Å². The number of allylic oxidation sites excluding steroid dienone is 36. The lowest BCUT2D eigenvalue weighted by atomic mass is 10.1. The molecule has 4 N–H and O–H groups in total. The van der Waals surface area contributed by atoms with Crippen molar-refractivity contribution in [3.05, 3.63) is 219 Å². The van der Waals surface area contributed by atoms with Crippen LogP contribution in [0.4, 0.5) is 0 Å². The number of unbranched alkanes of at least 4 members (excludes halogenated alkanes) is 26. The molecular weight excluding hydrogens is 1530 g/mol. The molecule has 5 unspecified atom stereocenters. The van der Waals surface area contributed by atoms with Crippen LogP contribution >= 0.6 is 15.6 Å². The van der Waals surface area contributed by atoms with Crippen molar-refractivity contribution < 1.29 is 75.8 Å². The molecule has 0 spiro atoms. The summed E-state index contributed by atoms with van der Waals surface area (Å²) >= 11 is 0. The molecule has 16 nitrogen and oxygen atoms in total. The summed E-state index contributed by atoms with van der Waals surface area (Å²) in [5, 5.41) is 20.7. The van der Waals surface area contributed by atoms with Crippen LogP contribution in [0.1, 0.15) is 342 Å². The van der Waals surface area contributed by atoms with Gasteiger partial charge in [0.05, 0.1) is 26.4 Å². The van der Waals surface area contributed by atoms with Crippen LogP contribution in [0.15, 0.2) is 219 Å². The van der Waals surface area contributed by atoms with E-state index in [-0.39, 0.29) is 19.3 Å². The number of ether oxygens (including phenoxy) is 3. The molecule has 0 radical (unpaired) electrons. The minimum Gasteiger partial charge on any atom is -0.463 e. The average Bonchev–Trinajstić information content (AvgIpc) is 0.891. The van der Waals surface area contributed by atoms with E-state index >= 15 is 0 Å². The first kappa shape index (κ1) is 113. The van der Waals surface area contributed by atoms with Crippen molar-refractivity contribution in [3.8, 4) is 0 Å². The molecule has 18 heteroatoms. The Hall–Kier alpha value is -6.13. The van der Waals surface area contributed by atoms with Gasteiger partial charge in [-0.05, 0) is 173 Å². The standard InChI is InChI=1S/C101H164O16P2/c1-4-7-10-13-16-19-22-25-28-31-34-37-40-43-45-47-49-52-54-57-60-63-66-69-72-75-78-81-84-87-99(104)111-90-96(102)91-113-118(107,108)114-92-97(103)93-115-119(109,110)116-95-98(117-101(106)89-86-83-80-77-74-71-68-65-62-59-56-51-42-39-36-33-30-27-24-21-18-15-12-9-6-3)94-112-100(105)88-85-82-79-76-73-70-67-64-61-58-55-53-50-48-46-44-41-38-35-32-29-26-23-20-17-14-11-8-5-2/h7-12,16-21,25-30,34-39,43-46,49-53,56,62,65,96-98,102-103H,4-6,13-15,22-24,31-33,40-42,47-48,54-55,57-61,63-64,66-95H2,1-3H3,(H,107,108)(H,109,110)/b10-7-,11-8-,12-9-,19-16-,20-17-,21-18-,28-25-,29-26-,30-27-,37-34-,38-35-,39-36-,45-43-,46-44-,52-49-,53-50-,56-51-,65-62-. The zero-order chi connectivity index (χ0) is 86.5. The monoisotopic (exact) mass is 1700 g/mol. The van der Waals surface area contributed by atoms with Crippen molar-refractivity contribution in [2.45, 2.75) is 360 Å². The predicted octanol–water partition coefficient (Wildman–Crippen LogP) is 28.5. The van der Waals surface area contributed by atoms with E-state index in [9.17, 15) is 43.5 Å². The fraction of sp³-hybridized carbons (Fsp3) is 0.614. The molecule has 0 aromatic rings. The number of phosphoric acid groups is 2. The van der Waals surface area contributed by atoms with Gasteiger partial charge in [-0.3, -0.25) is 32.5 Å². The van der Waals surface area contributed by atoms with Gasteiger partial charge in [-0.15, -0.1) is 0 Å². The van der Waals surface area contributed by atoms with Gasteiger partial charge in [0.1, 0.15) is 25.4 Å². The van der Waals surface area contributed by atoms with E-state index in [0.717, 1.165) is 218 Å². The first-order valence-electron chi connectivity index (χ1n) is 46.0. The van der Waals surface area contributed by atoms with E-state index in [2.05, 4.69) is 240 Å². The SMILES string of the molecule is CC/C=C\C/C=C\C/C=C\C/C=C\C/C=C\C/C=C\CCCCCCCCCCCCC(=O)OCC(O)COP(=O)(O)OCC(O)COP(=O)(O)OCC(COC(=O)CCCCCCCCCCCC/C=C\C/C=C\C/C=C\C/C=C\C/C=C\C/C=C\CC)OC(=O)CCCCCCCC/C=C\C/C=C\C/C=C\C/C=C\C/C=C\C/C=C\CC. The highest BCUT2D eigenvalue weighted by atomic mass is 31.2. The van der Waals surface area contributed by atoms with E-state index in [1.165, 1.54) is 64.2 Å². The Kier molecular flexibility index (Phi) is 86.4. The van der Waals surface area contributed by atoms with Gasteiger partial charge in [0.15, 0.2) is 6.10 Å². The fourth-order valence-electron chi connectivity index (χ4n) is 11.8. The van der Waals surface area contributed by atoms with E-state index in [0.29, 0.717) is 19.3 Å².